The van der Waals surface area contributed by atoms with Crippen LogP contribution >= 0.6 is 0 Å². The van der Waals surface area contributed by atoms with Crippen LogP contribution in [0.15, 0.2) is 60.9 Å². The van der Waals surface area contributed by atoms with Crippen LogP contribution in [0.25, 0.3) is 11.4 Å². The Morgan fingerprint density at radius 2 is 1.89 bits per heavy atom. The highest BCUT2D eigenvalue weighted by Crippen LogP contribution is 2.42. The number of carbonyl (C=O) groups excluding carboxylic acids is 1. The topological polar surface area (TPSA) is 80.2 Å². The average molecular weight is 500 g/mol. The lowest BCUT2D eigenvalue weighted by Gasteiger charge is -2.49. The van der Waals surface area contributed by atoms with Crippen molar-refractivity contribution >= 4 is 5.91 Å². The Morgan fingerprint density at radius 1 is 1.11 bits per heavy atom. The van der Waals surface area contributed by atoms with Crippen LogP contribution < -0.4 is 10.1 Å². The van der Waals surface area contributed by atoms with Gasteiger partial charge in [-0.1, -0.05) is 32.0 Å². The fraction of sp³-hybridized carbons (Fsp3) is 0.467. The maximum atomic E-state index is 12.4. The zero-order valence-electron chi connectivity index (χ0n) is 21.8. The number of nitrogens with one attached hydrogen (secondary N) is 1. The lowest BCUT2D eigenvalue weighted by atomic mass is 9.74. The molecule has 3 saturated heterocycles. The van der Waals surface area contributed by atoms with E-state index in [4.69, 9.17) is 14.7 Å². The van der Waals surface area contributed by atoms with E-state index in [1.165, 1.54) is 6.42 Å². The summed E-state index contributed by atoms with van der Waals surface area (Å²) >= 11 is 0. The summed E-state index contributed by atoms with van der Waals surface area (Å²) in [5.74, 6) is 2.83. The molecule has 37 heavy (non-hydrogen) atoms. The highest BCUT2D eigenvalue weighted by molar-refractivity contribution is 5.77. The zero-order valence-corrected chi connectivity index (χ0v) is 21.8. The van der Waals surface area contributed by atoms with E-state index in [2.05, 4.69) is 35.1 Å². The molecular weight excluding hydrogens is 462 g/mol. The second kappa shape index (κ2) is 11.8. The highest BCUT2D eigenvalue weighted by atomic mass is 16.5. The van der Waals surface area contributed by atoms with Crippen molar-refractivity contribution < 1.29 is 9.53 Å². The number of hydrogen-bond donors (Lipinski definition) is 1. The fourth-order valence-electron chi connectivity index (χ4n) is 5.86. The van der Waals surface area contributed by atoms with Gasteiger partial charge >= 0.3 is 0 Å². The number of ether oxygens (including phenoxy) is 1. The third kappa shape index (κ3) is 5.99. The predicted octanol–water partition coefficient (Wildman–Crippen LogP) is 4.82. The summed E-state index contributed by atoms with van der Waals surface area (Å²) in [6.45, 7) is 7.22. The molecule has 7 heteroatoms. The molecule has 1 aromatic carbocycles. The molecule has 3 fully saturated rings. The fourth-order valence-corrected chi connectivity index (χ4v) is 5.86. The Bertz CT molecular complexity index is 1170. The SMILES string of the molecule is CCC(CC)c1cc([C@@H]2CN3CC[C@H]2C[C@@H]3CNC(=O)COc2ccccc2)nc(-c2ccncc2)n1. The van der Waals surface area contributed by atoms with Crippen LogP contribution in [0, 0.1) is 5.92 Å². The summed E-state index contributed by atoms with van der Waals surface area (Å²) in [6.07, 6.45) is 7.98. The summed E-state index contributed by atoms with van der Waals surface area (Å²) < 4.78 is 5.60. The Morgan fingerprint density at radius 3 is 2.59 bits per heavy atom. The van der Waals surface area contributed by atoms with Crippen molar-refractivity contribution in [3.8, 4) is 17.1 Å². The summed E-state index contributed by atoms with van der Waals surface area (Å²) in [6, 6.07) is 16.1. The van der Waals surface area contributed by atoms with E-state index >= 15 is 0 Å². The van der Waals surface area contributed by atoms with Crippen molar-refractivity contribution in [3.63, 3.8) is 0 Å². The van der Waals surface area contributed by atoms with E-state index < -0.39 is 0 Å². The summed E-state index contributed by atoms with van der Waals surface area (Å²) in [7, 11) is 0. The molecule has 3 aliphatic heterocycles. The van der Waals surface area contributed by atoms with Crippen molar-refractivity contribution in [1.29, 1.82) is 0 Å². The van der Waals surface area contributed by atoms with Gasteiger partial charge in [-0.3, -0.25) is 14.7 Å². The molecular formula is C30H37N5O2. The van der Waals surface area contributed by atoms with Gasteiger partial charge in [0.1, 0.15) is 5.75 Å². The van der Waals surface area contributed by atoms with Gasteiger partial charge in [0.2, 0.25) is 0 Å². The first-order valence-corrected chi connectivity index (χ1v) is 13.6. The quantitative estimate of drug-likeness (QED) is 0.431. The number of fused-ring (bicyclic) bond motifs is 3. The Balaban J connectivity index is 1.26. The van der Waals surface area contributed by atoms with Crippen LogP contribution in [0.2, 0.25) is 0 Å². The normalized spacial score (nSPS) is 22.7. The molecule has 1 N–H and O–H groups in total. The Kier molecular flexibility index (Phi) is 8.09. The average Bonchev–Trinajstić information content (AvgIpc) is 2.97. The van der Waals surface area contributed by atoms with Gasteiger partial charge in [-0.05, 0) is 68.5 Å². The number of carbonyl (C=O) groups is 1. The first-order chi connectivity index (χ1) is 18.1. The third-order valence-electron chi connectivity index (χ3n) is 8.01. The van der Waals surface area contributed by atoms with Gasteiger partial charge in [-0.25, -0.2) is 9.97 Å². The van der Waals surface area contributed by atoms with E-state index in [1.54, 1.807) is 12.4 Å². The standard InChI is InChI=1S/C30H37N5O2/c1-3-21(4-2)27-17-28(34-30(33-27)22-10-13-31-14-11-22)26-19-35-15-12-23(26)16-24(35)18-32-29(36)20-37-25-8-6-5-7-9-25/h5-11,13-14,17,21,23-24,26H,3-4,12,15-16,18-20H2,1-2H3,(H,32,36)/t23-,24+,26+/m0/s1. The van der Waals surface area contributed by atoms with E-state index in [9.17, 15) is 4.79 Å². The van der Waals surface area contributed by atoms with Gasteiger partial charge in [0.25, 0.3) is 5.91 Å². The molecule has 3 aliphatic rings. The molecule has 0 radical (unpaired) electrons. The minimum absolute atomic E-state index is 0.0420. The van der Waals surface area contributed by atoms with Gasteiger partial charge in [0.05, 0.1) is 0 Å². The van der Waals surface area contributed by atoms with Crippen LogP contribution in [0.3, 0.4) is 0 Å². The number of para-hydroxylation sites is 1. The van der Waals surface area contributed by atoms with Gasteiger partial charge in [-0.2, -0.15) is 0 Å². The molecule has 6 rings (SSSR count). The summed E-state index contributed by atoms with van der Waals surface area (Å²) in [5.41, 5.74) is 3.33. The molecule has 2 aromatic heterocycles. The molecule has 0 saturated carbocycles. The maximum absolute atomic E-state index is 12.4. The Hall–Kier alpha value is -3.32. The molecule has 194 valence electrons. The number of aromatic nitrogens is 3. The zero-order chi connectivity index (χ0) is 25.6. The molecule has 4 atom stereocenters. The van der Waals surface area contributed by atoms with Crippen LogP contribution in [-0.2, 0) is 4.79 Å². The monoisotopic (exact) mass is 499 g/mol. The third-order valence-corrected chi connectivity index (χ3v) is 8.01. The van der Waals surface area contributed by atoms with Gasteiger partial charge in [-0.15, -0.1) is 0 Å². The van der Waals surface area contributed by atoms with E-state index in [-0.39, 0.29) is 12.5 Å². The number of hydrogen-bond acceptors (Lipinski definition) is 6. The molecule has 3 aromatic rings. The lowest BCUT2D eigenvalue weighted by Crippen LogP contribution is -2.56. The van der Waals surface area contributed by atoms with Crippen molar-refractivity contribution in [1.82, 2.24) is 25.2 Å². The summed E-state index contributed by atoms with van der Waals surface area (Å²) in [5, 5.41) is 3.09. The van der Waals surface area contributed by atoms with E-state index in [1.807, 2.05) is 42.5 Å². The second-order valence-electron chi connectivity index (χ2n) is 10.2. The molecule has 0 spiro atoms. The molecule has 1 amide bonds. The van der Waals surface area contributed by atoms with Crippen LogP contribution in [0.5, 0.6) is 5.75 Å². The smallest absolute Gasteiger partial charge is 0.257 e. The minimum atomic E-state index is -0.0735. The van der Waals surface area contributed by atoms with Crippen LogP contribution in [-0.4, -0.2) is 58.0 Å². The van der Waals surface area contributed by atoms with Crippen molar-refractivity contribution in [2.24, 2.45) is 5.92 Å². The molecule has 1 unspecified atom stereocenters. The maximum Gasteiger partial charge on any atom is 0.257 e. The Labute approximate surface area is 219 Å². The number of amides is 1. The first kappa shape index (κ1) is 25.3. The highest BCUT2D eigenvalue weighted by Gasteiger charge is 2.41. The van der Waals surface area contributed by atoms with Crippen LogP contribution in [0.4, 0.5) is 0 Å². The molecule has 5 heterocycles. The number of rotatable bonds is 10. The van der Waals surface area contributed by atoms with E-state index in [0.29, 0.717) is 36.1 Å². The number of piperidine rings is 3. The van der Waals surface area contributed by atoms with Gasteiger partial charge in [0, 0.05) is 60.3 Å². The largest absolute Gasteiger partial charge is 0.484 e. The van der Waals surface area contributed by atoms with Gasteiger partial charge < -0.3 is 10.1 Å². The number of pyridine rings is 1. The second-order valence-corrected chi connectivity index (χ2v) is 10.2. The summed E-state index contributed by atoms with van der Waals surface area (Å²) in [4.78, 5) is 29.2. The van der Waals surface area contributed by atoms with Crippen LogP contribution in [0.1, 0.15) is 62.8 Å². The lowest BCUT2D eigenvalue weighted by molar-refractivity contribution is -0.123. The van der Waals surface area contributed by atoms with E-state index in [0.717, 1.165) is 55.1 Å². The number of nitrogens with zero attached hydrogens (tertiary/aromatic N) is 4. The van der Waals surface area contributed by atoms with Crippen molar-refractivity contribution in [2.75, 3.05) is 26.2 Å². The minimum Gasteiger partial charge on any atom is -0.484 e. The van der Waals surface area contributed by atoms with Gasteiger partial charge in [0.15, 0.2) is 12.4 Å². The number of benzene rings is 1. The molecule has 0 aliphatic carbocycles. The van der Waals surface area contributed by atoms with Crippen molar-refractivity contribution in [3.05, 3.63) is 72.3 Å². The molecule has 2 bridgehead atoms. The van der Waals surface area contributed by atoms with Crippen molar-refractivity contribution in [2.45, 2.75) is 57.4 Å². The first-order valence-electron chi connectivity index (χ1n) is 13.6. The molecule has 7 nitrogen and oxygen atoms in total. The predicted molar refractivity (Wildman–Crippen MR) is 144 cm³/mol.